The first-order valence-electron chi connectivity index (χ1n) is 12.4. The summed E-state index contributed by atoms with van der Waals surface area (Å²) in [5.74, 6) is 0.570. The maximum atomic E-state index is 11.9. The Morgan fingerprint density at radius 2 is 1.70 bits per heavy atom. The summed E-state index contributed by atoms with van der Waals surface area (Å²) in [6, 6.07) is 0. The van der Waals surface area contributed by atoms with Gasteiger partial charge in [0.2, 0.25) is 0 Å². The van der Waals surface area contributed by atoms with Gasteiger partial charge >= 0.3 is 5.97 Å². The SMILES string of the molecule is C=C(C)C1CC=C(COC(=O)CCCCCCC/C=C\C/C=C\CCCCC)CC1. The average Bonchev–Trinajstić information content (AvgIpc) is 2.75. The smallest absolute Gasteiger partial charge is 0.306 e. The molecule has 0 aliphatic heterocycles. The van der Waals surface area contributed by atoms with Crippen LogP contribution < -0.4 is 0 Å². The van der Waals surface area contributed by atoms with Crippen molar-refractivity contribution >= 4 is 5.97 Å². The number of hydrogen-bond acceptors (Lipinski definition) is 2. The molecule has 0 saturated heterocycles. The van der Waals surface area contributed by atoms with E-state index < -0.39 is 0 Å². The van der Waals surface area contributed by atoms with E-state index in [0.29, 0.717) is 18.9 Å². The second-order valence-electron chi connectivity index (χ2n) is 8.82. The Morgan fingerprint density at radius 3 is 2.33 bits per heavy atom. The van der Waals surface area contributed by atoms with Gasteiger partial charge in [0.15, 0.2) is 0 Å². The quantitative estimate of drug-likeness (QED) is 0.135. The predicted molar refractivity (Wildman–Crippen MR) is 131 cm³/mol. The Balaban J connectivity index is 1.90. The summed E-state index contributed by atoms with van der Waals surface area (Å²) in [6.45, 7) is 8.89. The van der Waals surface area contributed by atoms with Crippen molar-refractivity contribution in [2.45, 2.75) is 110 Å². The molecule has 0 aromatic heterocycles. The van der Waals surface area contributed by atoms with Crippen LogP contribution >= 0.6 is 0 Å². The minimum Gasteiger partial charge on any atom is -0.461 e. The van der Waals surface area contributed by atoms with Gasteiger partial charge in [-0.05, 0) is 76.2 Å². The molecule has 1 aliphatic rings. The van der Waals surface area contributed by atoms with Gasteiger partial charge in [0, 0.05) is 6.42 Å². The lowest BCUT2D eigenvalue weighted by Crippen LogP contribution is -2.12. The van der Waals surface area contributed by atoms with E-state index in [-0.39, 0.29) is 5.97 Å². The topological polar surface area (TPSA) is 26.3 Å². The second-order valence-corrected chi connectivity index (χ2v) is 8.82. The van der Waals surface area contributed by atoms with Gasteiger partial charge in [-0.3, -0.25) is 4.79 Å². The molecular formula is C28H46O2. The van der Waals surface area contributed by atoms with Gasteiger partial charge < -0.3 is 4.74 Å². The summed E-state index contributed by atoms with van der Waals surface area (Å²) in [7, 11) is 0. The summed E-state index contributed by atoms with van der Waals surface area (Å²) in [5.41, 5.74) is 2.55. The Kier molecular flexibility index (Phi) is 16.1. The van der Waals surface area contributed by atoms with E-state index in [4.69, 9.17) is 4.74 Å². The monoisotopic (exact) mass is 414 g/mol. The molecule has 1 atom stereocenters. The van der Waals surface area contributed by atoms with Gasteiger partial charge in [0.25, 0.3) is 0 Å². The second kappa shape index (κ2) is 18.2. The summed E-state index contributed by atoms with van der Waals surface area (Å²) >= 11 is 0. The van der Waals surface area contributed by atoms with Crippen molar-refractivity contribution in [2.75, 3.05) is 6.61 Å². The fraction of sp³-hybridized carbons (Fsp3) is 0.679. The minimum atomic E-state index is -0.0383. The van der Waals surface area contributed by atoms with Crippen LogP contribution in [0.2, 0.25) is 0 Å². The maximum absolute atomic E-state index is 11.9. The third-order valence-electron chi connectivity index (χ3n) is 5.95. The molecular weight excluding hydrogens is 368 g/mol. The lowest BCUT2D eigenvalue weighted by molar-refractivity contribution is -0.142. The van der Waals surface area contributed by atoms with E-state index in [1.54, 1.807) is 0 Å². The minimum absolute atomic E-state index is 0.0383. The van der Waals surface area contributed by atoms with Crippen LogP contribution in [0.4, 0.5) is 0 Å². The van der Waals surface area contributed by atoms with Crippen LogP contribution in [0.15, 0.2) is 48.1 Å². The predicted octanol–water partition coefficient (Wildman–Crippen LogP) is 8.65. The van der Waals surface area contributed by atoms with Crippen LogP contribution in [0.1, 0.15) is 110 Å². The summed E-state index contributed by atoms with van der Waals surface area (Å²) in [4.78, 5) is 11.9. The van der Waals surface area contributed by atoms with Gasteiger partial charge in [0.1, 0.15) is 6.61 Å². The van der Waals surface area contributed by atoms with Gasteiger partial charge in [0.05, 0.1) is 0 Å². The van der Waals surface area contributed by atoms with E-state index in [9.17, 15) is 4.79 Å². The fourth-order valence-corrected chi connectivity index (χ4v) is 3.79. The molecule has 2 heteroatoms. The van der Waals surface area contributed by atoms with Crippen LogP contribution in [0, 0.1) is 5.92 Å². The van der Waals surface area contributed by atoms with Gasteiger partial charge in [-0.25, -0.2) is 0 Å². The highest BCUT2D eigenvalue weighted by atomic mass is 16.5. The van der Waals surface area contributed by atoms with Crippen molar-refractivity contribution in [1.82, 2.24) is 0 Å². The molecule has 0 spiro atoms. The van der Waals surface area contributed by atoms with Crippen LogP contribution in [0.5, 0.6) is 0 Å². The summed E-state index contributed by atoms with van der Waals surface area (Å²) < 4.78 is 5.45. The lowest BCUT2D eigenvalue weighted by atomic mass is 9.86. The molecule has 2 nitrogen and oxygen atoms in total. The number of hydrogen-bond donors (Lipinski definition) is 0. The Bertz CT molecular complexity index is 553. The molecule has 30 heavy (non-hydrogen) atoms. The third kappa shape index (κ3) is 14.4. The average molecular weight is 415 g/mol. The number of esters is 1. The third-order valence-corrected chi connectivity index (χ3v) is 5.95. The molecule has 0 heterocycles. The molecule has 0 saturated carbocycles. The van der Waals surface area contributed by atoms with Crippen molar-refractivity contribution in [1.29, 1.82) is 0 Å². The van der Waals surface area contributed by atoms with Crippen molar-refractivity contribution in [3.63, 3.8) is 0 Å². The fourth-order valence-electron chi connectivity index (χ4n) is 3.79. The van der Waals surface area contributed by atoms with Crippen molar-refractivity contribution < 1.29 is 9.53 Å². The number of carbonyl (C=O) groups is 1. The Morgan fingerprint density at radius 1 is 1.03 bits per heavy atom. The van der Waals surface area contributed by atoms with Crippen molar-refractivity contribution in [2.24, 2.45) is 5.92 Å². The van der Waals surface area contributed by atoms with Crippen molar-refractivity contribution in [3.8, 4) is 0 Å². The highest BCUT2D eigenvalue weighted by molar-refractivity contribution is 5.69. The molecule has 1 unspecified atom stereocenters. The molecule has 0 radical (unpaired) electrons. The highest BCUT2D eigenvalue weighted by Gasteiger charge is 2.15. The number of unbranched alkanes of at least 4 members (excludes halogenated alkanes) is 8. The molecule has 0 fully saturated rings. The summed E-state index contributed by atoms with van der Waals surface area (Å²) in [5, 5.41) is 0. The van der Waals surface area contributed by atoms with Crippen LogP contribution in [0.3, 0.4) is 0 Å². The van der Waals surface area contributed by atoms with E-state index >= 15 is 0 Å². The zero-order valence-corrected chi connectivity index (χ0v) is 19.8. The normalized spacial score (nSPS) is 16.9. The molecule has 1 aliphatic carbocycles. The maximum Gasteiger partial charge on any atom is 0.306 e. The number of rotatable bonds is 17. The van der Waals surface area contributed by atoms with Gasteiger partial charge in [-0.15, -0.1) is 0 Å². The molecule has 0 amide bonds. The molecule has 0 bridgehead atoms. The van der Waals surface area contributed by atoms with E-state index in [1.165, 1.54) is 62.5 Å². The van der Waals surface area contributed by atoms with Gasteiger partial charge in [-0.1, -0.05) is 81.6 Å². The molecule has 0 aromatic carbocycles. The van der Waals surface area contributed by atoms with E-state index in [1.807, 2.05) is 0 Å². The highest BCUT2D eigenvalue weighted by Crippen LogP contribution is 2.28. The molecule has 1 rings (SSSR count). The summed E-state index contributed by atoms with van der Waals surface area (Å²) in [6.07, 6.45) is 28.5. The van der Waals surface area contributed by atoms with Crippen molar-refractivity contribution in [3.05, 3.63) is 48.1 Å². The Hall–Kier alpha value is -1.57. The number of allylic oxidation sites excluding steroid dienone is 6. The first kappa shape index (κ1) is 26.5. The van der Waals surface area contributed by atoms with E-state index in [2.05, 4.69) is 50.8 Å². The largest absolute Gasteiger partial charge is 0.461 e. The molecule has 0 aromatic rings. The Labute approximate surface area is 186 Å². The van der Waals surface area contributed by atoms with E-state index in [0.717, 1.165) is 38.5 Å². The van der Waals surface area contributed by atoms with Crippen LogP contribution in [-0.2, 0) is 9.53 Å². The van der Waals surface area contributed by atoms with Crippen LogP contribution in [0.25, 0.3) is 0 Å². The van der Waals surface area contributed by atoms with Gasteiger partial charge in [-0.2, -0.15) is 0 Å². The standard InChI is InChI=1S/C28H46O2/c1-4-5-6-7-8-9-10-11-12-13-14-15-16-17-18-19-28(29)30-24-26-20-22-27(23-21-26)25(2)3/h8-9,11-12,20,27H,2,4-7,10,13-19,21-24H2,1,3H3/b9-8-,12-11-. The lowest BCUT2D eigenvalue weighted by Gasteiger charge is -2.21. The first-order chi connectivity index (χ1) is 14.6. The number of carbonyl (C=O) groups excluding carboxylic acids is 1. The number of ether oxygens (including phenoxy) is 1. The zero-order valence-electron chi connectivity index (χ0n) is 19.8. The molecule has 0 N–H and O–H groups in total. The first-order valence-corrected chi connectivity index (χ1v) is 12.4. The molecule has 170 valence electrons. The van der Waals surface area contributed by atoms with Crippen LogP contribution in [-0.4, -0.2) is 12.6 Å². The zero-order chi connectivity index (χ0) is 21.9.